The Bertz CT molecular complexity index is 676. The largest absolute Gasteiger partial charge is 0.462 e. The molecule has 0 bridgehead atoms. The SMILES string of the molecule is CCCCC/C=C\CC1OC1CCCCCCCC(=O)OC[C@H](CO)OC(=O)CCCCCCCCCCCC(C)C. The summed E-state index contributed by atoms with van der Waals surface area (Å²) in [6.45, 7) is 6.40. The first-order valence-electron chi connectivity index (χ1n) is 17.7. The van der Waals surface area contributed by atoms with E-state index >= 15 is 0 Å². The van der Waals surface area contributed by atoms with E-state index in [-0.39, 0.29) is 25.2 Å². The van der Waals surface area contributed by atoms with Crippen LogP contribution in [0.4, 0.5) is 0 Å². The van der Waals surface area contributed by atoms with Crippen molar-refractivity contribution < 1.29 is 28.9 Å². The van der Waals surface area contributed by atoms with E-state index in [0.717, 1.165) is 63.7 Å². The van der Waals surface area contributed by atoms with Gasteiger partial charge < -0.3 is 19.3 Å². The highest BCUT2D eigenvalue weighted by atomic mass is 16.6. The van der Waals surface area contributed by atoms with Crippen molar-refractivity contribution >= 4 is 11.9 Å². The average Bonchev–Trinajstić information content (AvgIpc) is 3.72. The van der Waals surface area contributed by atoms with Gasteiger partial charge in [0.25, 0.3) is 0 Å². The summed E-state index contributed by atoms with van der Waals surface area (Å²) in [6, 6.07) is 0. The number of rotatable bonds is 30. The first-order chi connectivity index (χ1) is 20.5. The van der Waals surface area contributed by atoms with Crippen LogP contribution in [-0.4, -0.2) is 48.6 Å². The minimum Gasteiger partial charge on any atom is -0.462 e. The van der Waals surface area contributed by atoms with Crippen LogP contribution in [0.5, 0.6) is 0 Å². The molecule has 246 valence electrons. The van der Waals surface area contributed by atoms with Crippen molar-refractivity contribution in [3.63, 3.8) is 0 Å². The van der Waals surface area contributed by atoms with E-state index in [2.05, 4.69) is 32.9 Å². The van der Waals surface area contributed by atoms with Gasteiger partial charge in [0.15, 0.2) is 6.10 Å². The molecule has 0 amide bonds. The lowest BCUT2D eigenvalue weighted by Gasteiger charge is -2.15. The lowest BCUT2D eigenvalue weighted by atomic mass is 10.0. The zero-order chi connectivity index (χ0) is 30.7. The smallest absolute Gasteiger partial charge is 0.306 e. The number of carbonyl (C=O) groups excluding carboxylic acids is 2. The zero-order valence-electron chi connectivity index (χ0n) is 27.6. The van der Waals surface area contributed by atoms with Crippen molar-refractivity contribution in [2.75, 3.05) is 13.2 Å². The topological polar surface area (TPSA) is 85.4 Å². The summed E-state index contributed by atoms with van der Waals surface area (Å²) >= 11 is 0. The third kappa shape index (κ3) is 24.1. The Morgan fingerprint density at radius 2 is 1.33 bits per heavy atom. The monoisotopic (exact) mass is 594 g/mol. The van der Waals surface area contributed by atoms with E-state index in [4.69, 9.17) is 14.2 Å². The minimum absolute atomic E-state index is 0.0747. The molecule has 6 heteroatoms. The van der Waals surface area contributed by atoms with E-state index in [9.17, 15) is 14.7 Å². The van der Waals surface area contributed by atoms with Gasteiger partial charge in [-0.05, 0) is 44.4 Å². The highest BCUT2D eigenvalue weighted by molar-refractivity contribution is 5.70. The summed E-state index contributed by atoms with van der Waals surface area (Å²) in [5, 5.41) is 9.52. The maximum Gasteiger partial charge on any atom is 0.306 e. The lowest BCUT2D eigenvalue weighted by Crippen LogP contribution is -2.28. The minimum atomic E-state index is -0.776. The third-order valence-corrected chi connectivity index (χ3v) is 8.16. The van der Waals surface area contributed by atoms with Gasteiger partial charge in [-0.1, -0.05) is 129 Å². The fourth-order valence-corrected chi connectivity index (χ4v) is 5.33. The molecule has 0 aromatic heterocycles. The van der Waals surface area contributed by atoms with Gasteiger partial charge in [0.1, 0.15) is 6.61 Å². The standard InChI is InChI=1S/C36H66O6/c1-4-5-6-7-15-20-25-33-34(42-33)26-21-16-13-18-22-27-35(38)40-30-32(29-37)41-36(39)28-23-17-12-10-8-9-11-14-19-24-31(2)3/h15,20,31-34,37H,4-14,16-19,21-30H2,1-3H3/b20-15-/t32-,33?,34?/m0/s1. The molecule has 0 aromatic rings. The third-order valence-electron chi connectivity index (χ3n) is 8.16. The maximum absolute atomic E-state index is 12.1. The van der Waals surface area contributed by atoms with E-state index in [1.165, 1.54) is 77.0 Å². The van der Waals surface area contributed by atoms with Crippen molar-refractivity contribution in [1.82, 2.24) is 0 Å². The molecule has 2 unspecified atom stereocenters. The highest BCUT2D eigenvalue weighted by Gasteiger charge is 2.36. The number of epoxide rings is 1. The Hall–Kier alpha value is -1.40. The number of allylic oxidation sites excluding steroid dienone is 1. The highest BCUT2D eigenvalue weighted by Crippen LogP contribution is 2.30. The first kappa shape index (κ1) is 38.6. The number of aliphatic hydroxyl groups excluding tert-OH is 1. The molecule has 1 rings (SSSR count). The Labute approximate surface area is 258 Å². The average molecular weight is 595 g/mol. The summed E-state index contributed by atoms with van der Waals surface area (Å²) in [7, 11) is 0. The molecule has 42 heavy (non-hydrogen) atoms. The zero-order valence-corrected chi connectivity index (χ0v) is 27.6. The van der Waals surface area contributed by atoms with Gasteiger partial charge in [0.2, 0.25) is 0 Å². The Morgan fingerprint density at radius 3 is 1.95 bits per heavy atom. The normalized spacial score (nSPS) is 17.2. The van der Waals surface area contributed by atoms with Gasteiger partial charge in [-0.2, -0.15) is 0 Å². The van der Waals surface area contributed by atoms with E-state index in [0.29, 0.717) is 25.0 Å². The number of ether oxygens (including phenoxy) is 3. The van der Waals surface area contributed by atoms with Gasteiger partial charge in [0.05, 0.1) is 18.8 Å². The maximum atomic E-state index is 12.1. The van der Waals surface area contributed by atoms with Crippen LogP contribution in [0, 0.1) is 5.92 Å². The van der Waals surface area contributed by atoms with Gasteiger partial charge >= 0.3 is 11.9 Å². The first-order valence-corrected chi connectivity index (χ1v) is 17.7. The molecule has 0 aromatic carbocycles. The van der Waals surface area contributed by atoms with Gasteiger partial charge in [0, 0.05) is 12.8 Å². The van der Waals surface area contributed by atoms with Crippen molar-refractivity contribution in [2.24, 2.45) is 5.92 Å². The van der Waals surface area contributed by atoms with Crippen molar-refractivity contribution in [3.8, 4) is 0 Å². The number of carbonyl (C=O) groups is 2. The summed E-state index contributed by atoms with van der Waals surface area (Å²) < 4.78 is 16.3. The van der Waals surface area contributed by atoms with Gasteiger partial charge in [-0.3, -0.25) is 9.59 Å². The van der Waals surface area contributed by atoms with Gasteiger partial charge in [-0.15, -0.1) is 0 Å². The molecule has 0 saturated carbocycles. The van der Waals surface area contributed by atoms with Crippen LogP contribution in [0.3, 0.4) is 0 Å². The Kier molecular flexibility index (Phi) is 25.0. The van der Waals surface area contributed by atoms with Crippen LogP contribution in [0.15, 0.2) is 12.2 Å². The van der Waals surface area contributed by atoms with Crippen LogP contribution >= 0.6 is 0 Å². The molecular weight excluding hydrogens is 528 g/mol. The number of esters is 2. The molecule has 6 nitrogen and oxygen atoms in total. The Morgan fingerprint density at radius 1 is 0.738 bits per heavy atom. The van der Waals surface area contributed by atoms with E-state index in [1.54, 1.807) is 0 Å². The lowest BCUT2D eigenvalue weighted by molar-refractivity contribution is -0.161. The summed E-state index contributed by atoms with van der Waals surface area (Å²) in [4.78, 5) is 24.2. The number of unbranched alkanes of at least 4 members (excludes halogenated alkanes) is 15. The molecule has 0 spiro atoms. The fourth-order valence-electron chi connectivity index (χ4n) is 5.33. The number of hydrogen-bond donors (Lipinski definition) is 1. The van der Waals surface area contributed by atoms with E-state index in [1.807, 2.05) is 0 Å². The molecule has 1 N–H and O–H groups in total. The molecule has 3 atom stereocenters. The second-order valence-corrected chi connectivity index (χ2v) is 12.8. The van der Waals surface area contributed by atoms with E-state index < -0.39 is 6.10 Å². The van der Waals surface area contributed by atoms with Crippen LogP contribution in [0.2, 0.25) is 0 Å². The quantitative estimate of drug-likeness (QED) is 0.0386. The van der Waals surface area contributed by atoms with Crippen LogP contribution in [0.25, 0.3) is 0 Å². The van der Waals surface area contributed by atoms with Crippen LogP contribution in [0.1, 0.15) is 168 Å². The Balaban J connectivity index is 1.90. The predicted molar refractivity (Wildman–Crippen MR) is 172 cm³/mol. The number of hydrogen-bond acceptors (Lipinski definition) is 6. The summed E-state index contributed by atoms with van der Waals surface area (Å²) in [6.07, 6.45) is 30.0. The van der Waals surface area contributed by atoms with Crippen LogP contribution in [-0.2, 0) is 23.8 Å². The van der Waals surface area contributed by atoms with Crippen molar-refractivity contribution in [2.45, 2.75) is 187 Å². The van der Waals surface area contributed by atoms with Crippen LogP contribution < -0.4 is 0 Å². The summed E-state index contributed by atoms with van der Waals surface area (Å²) in [5.41, 5.74) is 0. The predicted octanol–water partition coefficient (Wildman–Crippen LogP) is 9.41. The number of aliphatic hydroxyl groups is 1. The van der Waals surface area contributed by atoms with Gasteiger partial charge in [-0.25, -0.2) is 0 Å². The molecule has 1 fully saturated rings. The molecule has 0 radical (unpaired) electrons. The second kappa shape index (κ2) is 27.2. The van der Waals surface area contributed by atoms with Crippen molar-refractivity contribution in [1.29, 1.82) is 0 Å². The van der Waals surface area contributed by atoms with Crippen molar-refractivity contribution in [3.05, 3.63) is 12.2 Å². The molecule has 1 saturated heterocycles. The fraction of sp³-hybridized carbons (Fsp3) is 0.889. The molecule has 1 aliphatic rings. The molecular formula is C36H66O6. The molecule has 1 aliphatic heterocycles. The summed E-state index contributed by atoms with van der Waals surface area (Å²) in [5.74, 6) is 0.201. The molecule has 1 heterocycles. The molecule has 0 aliphatic carbocycles. The second-order valence-electron chi connectivity index (χ2n) is 12.8.